The molecule has 1 saturated carbocycles. The molecule has 4 nitrogen and oxygen atoms in total. The monoisotopic (exact) mass is 276 g/mol. The number of hydrogen-bond donors (Lipinski definition) is 2. The molecule has 1 fully saturated rings. The summed E-state index contributed by atoms with van der Waals surface area (Å²) in [5.41, 5.74) is 0.727. The van der Waals surface area contributed by atoms with Crippen molar-refractivity contribution in [3.05, 3.63) is 36.9 Å². The number of rotatable bonds is 5. The molecule has 0 atom stereocenters. The minimum absolute atomic E-state index is 0.0120. The number of amides is 1. The third kappa shape index (κ3) is 4.06. The van der Waals surface area contributed by atoms with Gasteiger partial charge in [-0.05, 0) is 37.2 Å². The maximum atomic E-state index is 11.6. The molecule has 0 unspecified atom stereocenters. The van der Waals surface area contributed by atoms with Gasteiger partial charge in [0.15, 0.2) is 5.11 Å². The number of benzene rings is 1. The predicted octanol–water partition coefficient (Wildman–Crippen LogP) is 2.47. The average Bonchev–Trinajstić information content (AvgIpc) is 3.22. The molecular weight excluding hydrogens is 260 g/mol. The van der Waals surface area contributed by atoms with Gasteiger partial charge in [0, 0.05) is 5.92 Å². The minimum atomic E-state index is -0.0120. The van der Waals surface area contributed by atoms with E-state index in [0.717, 1.165) is 18.5 Å². The second-order valence-electron chi connectivity index (χ2n) is 4.31. The van der Waals surface area contributed by atoms with Crippen LogP contribution >= 0.6 is 12.2 Å². The number of anilines is 1. The summed E-state index contributed by atoms with van der Waals surface area (Å²) in [7, 11) is 0. The Morgan fingerprint density at radius 3 is 2.89 bits per heavy atom. The maximum absolute atomic E-state index is 11.6. The summed E-state index contributed by atoms with van der Waals surface area (Å²) >= 11 is 5.11. The van der Waals surface area contributed by atoms with Crippen molar-refractivity contribution in [3.8, 4) is 5.75 Å². The Balaban J connectivity index is 1.95. The quantitative estimate of drug-likeness (QED) is 0.641. The topological polar surface area (TPSA) is 50.4 Å². The highest BCUT2D eigenvalue weighted by molar-refractivity contribution is 7.80. The van der Waals surface area contributed by atoms with Crippen LogP contribution in [0.4, 0.5) is 5.69 Å². The Hall–Kier alpha value is -1.88. The summed E-state index contributed by atoms with van der Waals surface area (Å²) in [5, 5.41) is 5.95. The Bertz CT molecular complexity index is 498. The van der Waals surface area contributed by atoms with E-state index in [-0.39, 0.29) is 11.8 Å². The number of nitrogens with one attached hydrogen (secondary N) is 2. The van der Waals surface area contributed by atoms with Crippen LogP contribution in [-0.2, 0) is 4.79 Å². The van der Waals surface area contributed by atoms with Gasteiger partial charge in [-0.1, -0.05) is 24.8 Å². The molecule has 5 heteroatoms. The molecule has 0 heterocycles. The lowest BCUT2D eigenvalue weighted by molar-refractivity contribution is -0.120. The molecule has 19 heavy (non-hydrogen) atoms. The molecule has 0 aliphatic heterocycles. The number of carbonyl (C=O) groups excluding carboxylic acids is 1. The average molecular weight is 276 g/mol. The molecular formula is C14H16N2O2S. The standard InChI is InChI=1S/C14H16N2O2S/c1-2-9-18-12-6-4-3-5-11(12)15-14(19)16-13(17)10-7-8-10/h2-6,10H,1,7-9H2,(H2,15,16,17,19). The summed E-state index contributed by atoms with van der Waals surface area (Å²) in [6.07, 6.45) is 3.57. The molecule has 1 aliphatic carbocycles. The molecule has 0 radical (unpaired) electrons. The Morgan fingerprint density at radius 1 is 1.47 bits per heavy atom. The van der Waals surface area contributed by atoms with Crippen molar-refractivity contribution in [2.45, 2.75) is 12.8 Å². The molecule has 1 amide bonds. The van der Waals surface area contributed by atoms with Gasteiger partial charge in [0.25, 0.3) is 0 Å². The number of hydrogen-bond acceptors (Lipinski definition) is 3. The first-order chi connectivity index (χ1) is 9.20. The largest absolute Gasteiger partial charge is 0.487 e. The van der Waals surface area contributed by atoms with Crippen molar-refractivity contribution < 1.29 is 9.53 Å². The van der Waals surface area contributed by atoms with E-state index in [0.29, 0.717) is 17.5 Å². The van der Waals surface area contributed by atoms with Crippen molar-refractivity contribution in [2.75, 3.05) is 11.9 Å². The van der Waals surface area contributed by atoms with E-state index in [2.05, 4.69) is 17.2 Å². The van der Waals surface area contributed by atoms with Crippen molar-refractivity contribution in [2.24, 2.45) is 5.92 Å². The number of carbonyl (C=O) groups is 1. The fourth-order valence-corrected chi connectivity index (χ4v) is 1.77. The predicted molar refractivity (Wildman–Crippen MR) is 79.2 cm³/mol. The summed E-state index contributed by atoms with van der Waals surface area (Å²) in [5.74, 6) is 0.791. The minimum Gasteiger partial charge on any atom is -0.487 e. The second-order valence-corrected chi connectivity index (χ2v) is 4.72. The first-order valence-electron chi connectivity index (χ1n) is 6.15. The molecule has 0 bridgehead atoms. The molecule has 0 spiro atoms. The SMILES string of the molecule is C=CCOc1ccccc1NC(=S)NC(=O)C1CC1. The van der Waals surface area contributed by atoms with Gasteiger partial charge < -0.3 is 15.4 Å². The summed E-state index contributed by atoms with van der Waals surface area (Å²) in [6, 6.07) is 7.41. The van der Waals surface area contributed by atoms with Crippen molar-refractivity contribution >= 4 is 28.9 Å². The van der Waals surface area contributed by atoms with E-state index in [1.54, 1.807) is 6.08 Å². The summed E-state index contributed by atoms with van der Waals surface area (Å²) in [4.78, 5) is 11.6. The highest BCUT2D eigenvalue weighted by Gasteiger charge is 2.30. The molecule has 100 valence electrons. The van der Waals surface area contributed by atoms with Crippen LogP contribution in [0.2, 0.25) is 0 Å². The maximum Gasteiger partial charge on any atom is 0.229 e. The lowest BCUT2D eigenvalue weighted by atomic mass is 10.3. The van der Waals surface area contributed by atoms with Gasteiger partial charge >= 0.3 is 0 Å². The van der Waals surface area contributed by atoms with Crippen molar-refractivity contribution in [1.29, 1.82) is 0 Å². The lowest BCUT2D eigenvalue weighted by Gasteiger charge is -2.13. The zero-order chi connectivity index (χ0) is 13.7. The van der Waals surface area contributed by atoms with E-state index in [1.165, 1.54) is 0 Å². The van der Waals surface area contributed by atoms with Gasteiger partial charge in [0.05, 0.1) is 5.69 Å². The lowest BCUT2D eigenvalue weighted by Crippen LogP contribution is -2.35. The van der Waals surface area contributed by atoms with Crippen LogP contribution in [-0.4, -0.2) is 17.6 Å². The fraction of sp³-hybridized carbons (Fsp3) is 0.286. The molecule has 1 aromatic rings. The first-order valence-corrected chi connectivity index (χ1v) is 6.56. The molecule has 1 aliphatic rings. The normalized spacial score (nSPS) is 13.5. The Kier molecular flexibility index (Phi) is 4.52. The highest BCUT2D eigenvalue weighted by Crippen LogP contribution is 2.29. The van der Waals surface area contributed by atoms with E-state index in [4.69, 9.17) is 17.0 Å². The van der Waals surface area contributed by atoms with Gasteiger partial charge in [-0.15, -0.1) is 0 Å². The van der Waals surface area contributed by atoms with Crippen LogP contribution in [0.1, 0.15) is 12.8 Å². The molecule has 0 saturated heterocycles. The molecule has 0 aromatic heterocycles. The fourth-order valence-electron chi connectivity index (χ4n) is 1.56. The van der Waals surface area contributed by atoms with E-state index >= 15 is 0 Å². The van der Waals surface area contributed by atoms with Gasteiger partial charge in [-0.2, -0.15) is 0 Å². The van der Waals surface area contributed by atoms with E-state index < -0.39 is 0 Å². The zero-order valence-electron chi connectivity index (χ0n) is 10.5. The van der Waals surface area contributed by atoms with Crippen LogP contribution in [0.3, 0.4) is 0 Å². The molecule has 2 N–H and O–H groups in total. The third-order valence-electron chi connectivity index (χ3n) is 2.68. The molecule has 2 rings (SSSR count). The second kappa shape index (κ2) is 6.33. The van der Waals surface area contributed by atoms with Crippen LogP contribution in [0, 0.1) is 5.92 Å². The summed E-state index contributed by atoms with van der Waals surface area (Å²) in [6.45, 7) is 4.02. The van der Waals surface area contributed by atoms with E-state index in [9.17, 15) is 4.79 Å². The highest BCUT2D eigenvalue weighted by atomic mass is 32.1. The van der Waals surface area contributed by atoms with Gasteiger partial charge in [0.2, 0.25) is 5.91 Å². The number of thiocarbonyl (C=S) groups is 1. The van der Waals surface area contributed by atoms with Crippen molar-refractivity contribution in [1.82, 2.24) is 5.32 Å². The van der Waals surface area contributed by atoms with Crippen LogP contribution in [0.5, 0.6) is 5.75 Å². The van der Waals surface area contributed by atoms with Crippen molar-refractivity contribution in [3.63, 3.8) is 0 Å². The van der Waals surface area contributed by atoms with Crippen LogP contribution in [0.15, 0.2) is 36.9 Å². The van der Waals surface area contributed by atoms with Gasteiger partial charge in [-0.3, -0.25) is 4.79 Å². The Morgan fingerprint density at radius 2 is 2.21 bits per heavy atom. The van der Waals surface area contributed by atoms with E-state index in [1.807, 2.05) is 24.3 Å². The van der Waals surface area contributed by atoms with Crippen LogP contribution < -0.4 is 15.4 Å². The van der Waals surface area contributed by atoms with Gasteiger partial charge in [0.1, 0.15) is 12.4 Å². The van der Waals surface area contributed by atoms with Crippen LogP contribution in [0.25, 0.3) is 0 Å². The smallest absolute Gasteiger partial charge is 0.229 e. The van der Waals surface area contributed by atoms with Gasteiger partial charge in [-0.25, -0.2) is 0 Å². The number of ether oxygens (including phenoxy) is 1. The first kappa shape index (κ1) is 13.5. The molecule has 1 aromatic carbocycles. The third-order valence-corrected chi connectivity index (χ3v) is 2.88. The number of para-hydroxylation sites is 2. The zero-order valence-corrected chi connectivity index (χ0v) is 11.3. The Labute approximate surface area is 117 Å². The summed E-state index contributed by atoms with van der Waals surface area (Å²) < 4.78 is 5.50.